The first-order chi connectivity index (χ1) is 9.20. The third-order valence-corrected chi connectivity index (χ3v) is 3.82. The Morgan fingerprint density at radius 2 is 1.79 bits per heavy atom. The van der Waals surface area contributed by atoms with Gasteiger partial charge >= 0.3 is 0 Å². The van der Waals surface area contributed by atoms with Crippen molar-refractivity contribution in [1.29, 1.82) is 0 Å². The van der Waals surface area contributed by atoms with Gasteiger partial charge in [0, 0.05) is 12.0 Å². The maximum atomic E-state index is 9.77. The van der Waals surface area contributed by atoms with E-state index in [1.807, 2.05) is 12.1 Å². The second-order valence-corrected chi connectivity index (χ2v) is 4.78. The minimum Gasteiger partial charge on any atom is -0.493 e. The third kappa shape index (κ3) is 2.35. The molecule has 5 nitrogen and oxygen atoms in total. The standard InChI is InChI=1S/C14H21NO4/c1-17-11-6-10(7-12(18-2)13(11)19-3)14(9-16)4-5-15-8-14/h6-7,15-16H,4-5,8-9H2,1-3H3. The van der Waals surface area contributed by atoms with Gasteiger partial charge in [0.1, 0.15) is 0 Å². The van der Waals surface area contributed by atoms with Gasteiger partial charge in [-0.1, -0.05) is 0 Å². The summed E-state index contributed by atoms with van der Waals surface area (Å²) in [5.74, 6) is 1.82. The van der Waals surface area contributed by atoms with Gasteiger partial charge < -0.3 is 24.6 Å². The molecular formula is C14H21NO4. The second kappa shape index (κ2) is 5.67. The van der Waals surface area contributed by atoms with Crippen molar-refractivity contribution in [2.75, 3.05) is 41.0 Å². The highest BCUT2D eigenvalue weighted by atomic mass is 16.5. The van der Waals surface area contributed by atoms with E-state index in [2.05, 4.69) is 5.32 Å². The van der Waals surface area contributed by atoms with E-state index in [0.717, 1.165) is 25.1 Å². The summed E-state index contributed by atoms with van der Waals surface area (Å²) in [4.78, 5) is 0. The van der Waals surface area contributed by atoms with Gasteiger partial charge in [0.05, 0.1) is 27.9 Å². The molecule has 1 aromatic carbocycles. The average Bonchev–Trinajstić information content (AvgIpc) is 2.95. The molecule has 1 aliphatic heterocycles. The monoisotopic (exact) mass is 267 g/mol. The van der Waals surface area contributed by atoms with Crippen molar-refractivity contribution in [2.24, 2.45) is 0 Å². The maximum Gasteiger partial charge on any atom is 0.203 e. The van der Waals surface area contributed by atoms with Crippen LogP contribution in [0.3, 0.4) is 0 Å². The Morgan fingerprint density at radius 1 is 1.16 bits per heavy atom. The molecule has 2 rings (SSSR count). The van der Waals surface area contributed by atoms with Gasteiger partial charge in [-0.05, 0) is 30.7 Å². The van der Waals surface area contributed by atoms with E-state index >= 15 is 0 Å². The number of benzene rings is 1. The Balaban J connectivity index is 2.52. The van der Waals surface area contributed by atoms with Crippen LogP contribution in [0, 0.1) is 0 Å². The highest BCUT2D eigenvalue weighted by Gasteiger charge is 2.36. The lowest BCUT2D eigenvalue weighted by atomic mass is 9.80. The first kappa shape index (κ1) is 14.0. The number of methoxy groups -OCH3 is 3. The number of aliphatic hydroxyl groups is 1. The van der Waals surface area contributed by atoms with Gasteiger partial charge in [-0.15, -0.1) is 0 Å². The quantitative estimate of drug-likeness (QED) is 0.831. The smallest absolute Gasteiger partial charge is 0.203 e. The van der Waals surface area contributed by atoms with Crippen LogP contribution in [0.2, 0.25) is 0 Å². The van der Waals surface area contributed by atoms with Crippen molar-refractivity contribution < 1.29 is 19.3 Å². The summed E-state index contributed by atoms with van der Waals surface area (Å²) in [5.41, 5.74) is 0.738. The van der Waals surface area contributed by atoms with E-state index in [9.17, 15) is 5.11 Å². The summed E-state index contributed by atoms with van der Waals surface area (Å²) < 4.78 is 16.0. The minimum absolute atomic E-state index is 0.0959. The summed E-state index contributed by atoms with van der Waals surface area (Å²) in [7, 11) is 4.78. The van der Waals surface area contributed by atoms with E-state index in [1.54, 1.807) is 21.3 Å². The van der Waals surface area contributed by atoms with Crippen molar-refractivity contribution >= 4 is 0 Å². The van der Waals surface area contributed by atoms with Crippen molar-refractivity contribution in [1.82, 2.24) is 5.32 Å². The minimum atomic E-state index is -0.271. The summed E-state index contributed by atoms with van der Waals surface area (Å²) in [6, 6.07) is 3.84. The molecule has 1 aliphatic rings. The molecule has 1 fully saturated rings. The maximum absolute atomic E-state index is 9.77. The second-order valence-electron chi connectivity index (χ2n) is 4.78. The zero-order chi connectivity index (χ0) is 13.9. The lowest BCUT2D eigenvalue weighted by Gasteiger charge is -2.27. The first-order valence-electron chi connectivity index (χ1n) is 6.33. The number of hydrogen-bond donors (Lipinski definition) is 2. The fourth-order valence-corrected chi connectivity index (χ4v) is 2.60. The van der Waals surface area contributed by atoms with Crippen LogP contribution in [-0.2, 0) is 5.41 Å². The molecule has 1 unspecified atom stereocenters. The molecule has 0 aromatic heterocycles. The molecular weight excluding hydrogens is 246 g/mol. The largest absolute Gasteiger partial charge is 0.493 e. The molecule has 0 saturated carbocycles. The van der Waals surface area contributed by atoms with E-state index in [0.29, 0.717) is 17.2 Å². The predicted molar refractivity (Wildman–Crippen MR) is 72.3 cm³/mol. The Hall–Kier alpha value is -1.46. The molecule has 106 valence electrons. The first-order valence-corrected chi connectivity index (χ1v) is 6.33. The summed E-state index contributed by atoms with van der Waals surface area (Å²) >= 11 is 0. The molecule has 5 heteroatoms. The number of ether oxygens (including phenoxy) is 3. The van der Waals surface area contributed by atoms with E-state index < -0.39 is 0 Å². The Morgan fingerprint density at radius 3 is 2.16 bits per heavy atom. The van der Waals surface area contributed by atoms with Crippen LogP contribution in [-0.4, -0.2) is 46.1 Å². The summed E-state index contributed by atoms with van der Waals surface area (Å²) in [6.07, 6.45) is 0.891. The summed E-state index contributed by atoms with van der Waals surface area (Å²) in [5, 5.41) is 13.1. The van der Waals surface area contributed by atoms with Crippen LogP contribution < -0.4 is 19.5 Å². The van der Waals surface area contributed by atoms with Gasteiger partial charge in [-0.25, -0.2) is 0 Å². The molecule has 1 atom stereocenters. The van der Waals surface area contributed by atoms with Crippen LogP contribution in [0.15, 0.2) is 12.1 Å². The van der Waals surface area contributed by atoms with Crippen LogP contribution >= 0.6 is 0 Å². The fourth-order valence-electron chi connectivity index (χ4n) is 2.60. The number of hydrogen-bond acceptors (Lipinski definition) is 5. The van der Waals surface area contributed by atoms with Crippen molar-refractivity contribution in [2.45, 2.75) is 11.8 Å². The predicted octanol–water partition coefficient (Wildman–Crippen LogP) is 0.936. The SMILES string of the molecule is COc1cc(C2(CO)CCNC2)cc(OC)c1OC. The molecule has 0 radical (unpaired) electrons. The summed E-state index contributed by atoms with van der Waals surface area (Å²) in [6.45, 7) is 1.75. The Kier molecular flexibility index (Phi) is 4.17. The number of rotatable bonds is 5. The van der Waals surface area contributed by atoms with E-state index in [1.165, 1.54) is 0 Å². The zero-order valence-electron chi connectivity index (χ0n) is 11.7. The van der Waals surface area contributed by atoms with Crippen LogP contribution in [0.25, 0.3) is 0 Å². The average molecular weight is 267 g/mol. The van der Waals surface area contributed by atoms with Crippen molar-refractivity contribution in [3.05, 3.63) is 17.7 Å². The third-order valence-electron chi connectivity index (χ3n) is 3.82. The molecule has 0 aliphatic carbocycles. The van der Waals surface area contributed by atoms with Gasteiger partial charge in [-0.2, -0.15) is 0 Å². The molecule has 0 spiro atoms. The number of aliphatic hydroxyl groups excluding tert-OH is 1. The normalized spacial score (nSPS) is 22.3. The molecule has 1 aromatic rings. The van der Waals surface area contributed by atoms with Crippen LogP contribution in [0.4, 0.5) is 0 Å². The zero-order valence-corrected chi connectivity index (χ0v) is 11.7. The topological polar surface area (TPSA) is 60.0 Å². The lowest BCUT2D eigenvalue weighted by molar-refractivity contribution is 0.204. The molecule has 0 bridgehead atoms. The number of nitrogens with one attached hydrogen (secondary N) is 1. The Bertz CT molecular complexity index is 416. The highest BCUT2D eigenvalue weighted by molar-refractivity contribution is 5.55. The van der Waals surface area contributed by atoms with E-state index in [-0.39, 0.29) is 12.0 Å². The van der Waals surface area contributed by atoms with Crippen molar-refractivity contribution in [3.8, 4) is 17.2 Å². The Labute approximate surface area is 113 Å². The molecule has 1 heterocycles. The lowest BCUT2D eigenvalue weighted by Crippen LogP contribution is -2.33. The van der Waals surface area contributed by atoms with Gasteiger partial charge in [0.25, 0.3) is 0 Å². The van der Waals surface area contributed by atoms with Gasteiger partial charge in [0.15, 0.2) is 11.5 Å². The molecule has 2 N–H and O–H groups in total. The van der Waals surface area contributed by atoms with Crippen LogP contribution in [0.5, 0.6) is 17.2 Å². The van der Waals surface area contributed by atoms with Gasteiger partial charge in [0.2, 0.25) is 5.75 Å². The van der Waals surface area contributed by atoms with E-state index in [4.69, 9.17) is 14.2 Å². The molecule has 19 heavy (non-hydrogen) atoms. The van der Waals surface area contributed by atoms with Crippen molar-refractivity contribution in [3.63, 3.8) is 0 Å². The molecule has 0 amide bonds. The fraction of sp³-hybridized carbons (Fsp3) is 0.571. The van der Waals surface area contributed by atoms with Gasteiger partial charge in [-0.3, -0.25) is 0 Å². The highest BCUT2D eigenvalue weighted by Crippen LogP contribution is 2.42. The molecule has 1 saturated heterocycles. The van der Waals surface area contributed by atoms with Crippen LogP contribution in [0.1, 0.15) is 12.0 Å².